The Balaban J connectivity index is 2.57. The van der Waals surface area contributed by atoms with Gasteiger partial charge < -0.3 is 4.74 Å². The van der Waals surface area contributed by atoms with Crippen molar-refractivity contribution in [2.45, 2.75) is 13.8 Å². The maximum atomic E-state index is 13.7. The molecule has 0 aliphatic carbocycles. The number of ether oxygens (including phenoxy) is 1. The summed E-state index contributed by atoms with van der Waals surface area (Å²) in [7, 11) is 1.29. The zero-order chi connectivity index (χ0) is 14.0. The lowest BCUT2D eigenvalue weighted by Crippen LogP contribution is -2.06. The van der Waals surface area contributed by atoms with Crippen LogP contribution in [-0.4, -0.2) is 23.0 Å². The van der Waals surface area contributed by atoms with Crippen LogP contribution in [0.5, 0.6) is 0 Å². The Hall–Kier alpha value is -2.30. The van der Waals surface area contributed by atoms with E-state index in [1.165, 1.54) is 19.5 Å². The third-order valence-electron chi connectivity index (χ3n) is 2.78. The topological polar surface area (TPSA) is 52.1 Å². The van der Waals surface area contributed by atoms with Gasteiger partial charge in [0.1, 0.15) is 0 Å². The van der Waals surface area contributed by atoms with E-state index in [9.17, 15) is 9.18 Å². The summed E-state index contributed by atoms with van der Waals surface area (Å²) in [6, 6.07) is 3.23. The lowest BCUT2D eigenvalue weighted by Gasteiger charge is -2.07. The van der Waals surface area contributed by atoms with E-state index in [1.54, 1.807) is 19.1 Å². The lowest BCUT2D eigenvalue weighted by atomic mass is 10.0. The number of hydrogen-bond acceptors (Lipinski definition) is 4. The molecule has 2 aromatic rings. The fourth-order valence-corrected chi connectivity index (χ4v) is 1.75. The number of aryl methyl sites for hydroxylation is 2. The van der Waals surface area contributed by atoms with Gasteiger partial charge in [0, 0.05) is 23.5 Å². The zero-order valence-electron chi connectivity index (χ0n) is 10.9. The van der Waals surface area contributed by atoms with Crippen molar-refractivity contribution in [3.05, 3.63) is 47.3 Å². The predicted octanol–water partition coefficient (Wildman–Crippen LogP) is 2.69. The number of halogens is 1. The van der Waals surface area contributed by atoms with Crippen molar-refractivity contribution in [1.82, 2.24) is 9.97 Å². The molecule has 0 aromatic carbocycles. The fraction of sp³-hybridized carbons (Fsp3) is 0.214. The summed E-state index contributed by atoms with van der Waals surface area (Å²) < 4.78 is 18.4. The molecule has 19 heavy (non-hydrogen) atoms. The Bertz CT molecular complexity index is 641. The number of nitrogens with zero attached hydrogens (tertiary/aromatic N) is 2. The van der Waals surface area contributed by atoms with Gasteiger partial charge in [-0.3, -0.25) is 4.98 Å². The predicted molar refractivity (Wildman–Crippen MR) is 68.2 cm³/mol. The molecule has 5 heteroatoms. The highest BCUT2D eigenvalue weighted by molar-refractivity contribution is 5.91. The molecule has 0 saturated carbocycles. The van der Waals surface area contributed by atoms with Gasteiger partial charge >= 0.3 is 5.97 Å². The van der Waals surface area contributed by atoms with Gasteiger partial charge in [0.2, 0.25) is 5.95 Å². The largest absolute Gasteiger partial charge is 0.465 e. The molecule has 2 aromatic heterocycles. The highest BCUT2D eigenvalue weighted by Gasteiger charge is 2.14. The van der Waals surface area contributed by atoms with Crippen LogP contribution < -0.4 is 0 Å². The third-order valence-corrected chi connectivity index (χ3v) is 2.78. The zero-order valence-corrected chi connectivity index (χ0v) is 10.9. The summed E-state index contributed by atoms with van der Waals surface area (Å²) in [5, 5.41) is 0. The summed E-state index contributed by atoms with van der Waals surface area (Å²) >= 11 is 0. The second kappa shape index (κ2) is 5.14. The first-order chi connectivity index (χ1) is 9.02. The van der Waals surface area contributed by atoms with Crippen LogP contribution in [0.3, 0.4) is 0 Å². The summed E-state index contributed by atoms with van der Waals surface area (Å²) in [4.78, 5) is 19.4. The molecular formula is C14H13FN2O2. The number of rotatable bonds is 2. The fourth-order valence-electron chi connectivity index (χ4n) is 1.75. The van der Waals surface area contributed by atoms with Gasteiger partial charge in [0.25, 0.3) is 0 Å². The molecule has 0 fully saturated rings. The molecule has 0 atom stereocenters. The summed E-state index contributed by atoms with van der Waals surface area (Å²) in [5.74, 6) is -1.08. The molecular weight excluding hydrogens is 247 g/mol. The van der Waals surface area contributed by atoms with E-state index in [2.05, 4.69) is 14.7 Å². The van der Waals surface area contributed by atoms with Crippen LogP contribution in [0, 0.1) is 19.8 Å². The van der Waals surface area contributed by atoms with Crippen LogP contribution in [0.1, 0.15) is 21.6 Å². The Morgan fingerprint density at radius 2 is 1.95 bits per heavy atom. The molecule has 2 heterocycles. The highest BCUT2D eigenvalue weighted by Crippen LogP contribution is 2.24. The average Bonchev–Trinajstić information content (AvgIpc) is 2.41. The van der Waals surface area contributed by atoms with E-state index < -0.39 is 11.9 Å². The van der Waals surface area contributed by atoms with Crippen LogP contribution in [0.15, 0.2) is 24.5 Å². The number of carbonyl (C=O) groups is 1. The van der Waals surface area contributed by atoms with Crippen molar-refractivity contribution < 1.29 is 13.9 Å². The minimum Gasteiger partial charge on any atom is -0.465 e. The standard InChI is InChI=1S/C14H13FN2O2/c1-8-4-12(13(15)17-6-8)10-5-11(14(18)19-3)9(2)16-7-10/h4-7H,1-3H3. The van der Waals surface area contributed by atoms with Crippen molar-refractivity contribution in [1.29, 1.82) is 0 Å². The van der Waals surface area contributed by atoms with E-state index in [1.807, 2.05) is 6.92 Å². The van der Waals surface area contributed by atoms with E-state index in [-0.39, 0.29) is 0 Å². The normalized spacial score (nSPS) is 10.3. The second-order valence-corrected chi connectivity index (χ2v) is 4.20. The molecule has 0 saturated heterocycles. The molecule has 0 N–H and O–H groups in total. The highest BCUT2D eigenvalue weighted by atomic mass is 19.1. The van der Waals surface area contributed by atoms with Crippen molar-refractivity contribution in [2.24, 2.45) is 0 Å². The molecule has 0 spiro atoms. The molecule has 98 valence electrons. The van der Waals surface area contributed by atoms with Crippen molar-refractivity contribution in [3.8, 4) is 11.1 Å². The first-order valence-electron chi connectivity index (χ1n) is 5.70. The Labute approximate surface area is 110 Å². The average molecular weight is 260 g/mol. The first kappa shape index (κ1) is 13.1. The quantitative estimate of drug-likeness (QED) is 0.615. The molecule has 0 unspecified atom stereocenters. The number of methoxy groups -OCH3 is 1. The lowest BCUT2D eigenvalue weighted by molar-refractivity contribution is 0.0599. The van der Waals surface area contributed by atoms with Crippen LogP contribution in [0.25, 0.3) is 11.1 Å². The monoisotopic (exact) mass is 260 g/mol. The van der Waals surface area contributed by atoms with Crippen molar-refractivity contribution in [3.63, 3.8) is 0 Å². The number of esters is 1. The molecule has 0 amide bonds. The maximum absolute atomic E-state index is 13.7. The minimum atomic E-state index is -0.591. The van der Waals surface area contributed by atoms with Gasteiger partial charge in [-0.2, -0.15) is 4.39 Å². The van der Waals surface area contributed by atoms with E-state index in [0.717, 1.165) is 5.56 Å². The number of pyridine rings is 2. The van der Waals surface area contributed by atoms with Crippen LogP contribution in [0.2, 0.25) is 0 Å². The van der Waals surface area contributed by atoms with Crippen molar-refractivity contribution in [2.75, 3.05) is 7.11 Å². The van der Waals surface area contributed by atoms with Gasteiger partial charge in [-0.05, 0) is 31.5 Å². The molecule has 0 radical (unpaired) electrons. The maximum Gasteiger partial charge on any atom is 0.339 e. The van der Waals surface area contributed by atoms with E-state index >= 15 is 0 Å². The van der Waals surface area contributed by atoms with Crippen molar-refractivity contribution >= 4 is 5.97 Å². The Morgan fingerprint density at radius 3 is 2.63 bits per heavy atom. The molecule has 0 aliphatic heterocycles. The van der Waals surface area contributed by atoms with Crippen LogP contribution in [-0.2, 0) is 4.74 Å². The van der Waals surface area contributed by atoms with Crippen LogP contribution >= 0.6 is 0 Å². The summed E-state index contributed by atoms with van der Waals surface area (Å²) in [6.45, 7) is 3.51. The van der Waals surface area contributed by atoms with Gasteiger partial charge in [-0.1, -0.05) is 0 Å². The first-order valence-corrected chi connectivity index (χ1v) is 5.70. The number of carbonyl (C=O) groups excluding carboxylic acids is 1. The van der Waals surface area contributed by atoms with Gasteiger partial charge in [0.05, 0.1) is 18.4 Å². The van der Waals surface area contributed by atoms with E-state index in [0.29, 0.717) is 22.4 Å². The minimum absolute atomic E-state index is 0.317. The number of aromatic nitrogens is 2. The van der Waals surface area contributed by atoms with Gasteiger partial charge in [-0.25, -0.2) is 9.78 Å². The molecule has 0 aliphatic rings. The van der Waals surface area contributed by atoms with E-state index in [4.69, 9.17) is 0 Å². The molecule has 2 rings (SSSR count). The van der Waals surface area contributed by atoms with Crippen LogP contribution in [0.4, 0.5) is 4.39 Å². The summed E-state index contributed by atoms with van der Waals surface area (Å²) in [6.07, 6.45) is 2.96. The smallest absolute Gasteiger partial charge is 0.339 e. The number of hydrogen-bond donors (Lipinski definition) is 0. The van der Waals surface area contributed by atoms with Gasteiger partial charge in [-0.15, -0.1) is 0 Å². The second-order valence-electron chi connectivity index (χ2n) is 4.20. The third kappa shape index (κ3) is 2.59. The summed E-state index contributed by atoms with van der Waals surface area (Å²) in [5.41, 5.74) is 2.51. The van der Waals surface area contributed by atoms with Gasteiger partial charge in [0.15, 0.2) is 0 Å². The Morgan fingerprint density at radius 1 is 1.21 bits per heavy atom. The molecule has 0 bridgehead atoms. The molecule has 4 nitrogen and oxygen atoms in total. The Kier molecular flexibility index (Phi) is 3.55. The SMILES string of the molecule is COC(=O)c1cc(-c2cc(C)cnc2F)cnc1C.